The molecule has 0 spiro atoms. The Labute approximate surface area is 182 Å². The molecule has 0 bridgehead atoms. The maximum Gasteiger partial charge on any atom is 0.337 e. The summed E-state index contributed by atoms with van der Waals surface area (Å²) in [6.45, 7) is 11.6. The summed E-state index contributed by atoms with van der Waals surface area (Å²) in [7, 11) is 1.79. The zero-order valence-electron chi connectivity index (χ0n) is 18.7. The molecule has 4 rings (SSSR count). The Morgan fingerprint density at radius 3 is 2.53 bits per heavy atom. The molecule has 162 valence electrons. The number of carbonyl (C=O) groups is 1. The number of fused-ring (bicyclic) bond motifs is 1. The molecule has 2 aliphatic carbocycles. The van der Waals surface area contributed by atoms with E-state index in [4.69, 9.17) is 9.72 Å². The number of carboxylic acid groups (broad SMARTS) is 1. The van der Waals surface area contributed by atoms with Crippen LogP contribution in [0.5, 0.6) is 0 Å². The Bertz CT molecular complexity index is 978. The molecule has 0 aromatic carbocycles. The van der Waals surface area contributed by atoms with Gasteiger partial charge in [0, 0.05) is 29.4 Å². The summed E-state index contributed by atoms with van der Waals surface area (Å²) in [5.74, 6) is 0.466. The number of anilines is 2. The minimum absolute atomic E-state index is 0.0107. The maximum atomic E-state index is 11.4. The third kappa shape index (κ3) is 3.62. The van der Waals surface area contributed by atoms with Gasteiger partial charge in [-0.15, -0.1) is 11.3 Å². The highest BCUT2D eigenvalue weighted by Gasteiger charge is 2.47. The average molecular weight is 430 g/mol. The normalized spacial score (nSPS) is 21.9. The zero-order valence-corrected chi connectivity index (χ0v) is 19.5. The van der Waals surface area contributed by atoms with Crippen molar-refractivity contribution in [1.82, 2.24) is 9.97 Å². The number of hydrogen-bond donors (Lipinski definition) is 1. The van der Waals surface area contributed by atoms with Crippen LogP contribution in [0, 0.1) is 12.8 Å². The molecule has 1 N–H and O–H groups in total. The molecule has 2 heterocycles. The van der Waals surface area contributed by atoms with Gasteiger partial charge in [0.2, 0.25) is 0 Å². The van der Waals surface area contributed by atoms with E-state index in [9.17, 15) is 9.90 Å². The standard InChI is InChI=1S/C23H31N3O3S/c1-13-15(20(27)28)9-10-17(24-13)26(12-14-7-8-14)21-25-18-19(30-21)22(2,3)11-16(29-6)23(18,4)5/h9-10,14,16H,7-8,11-12H2,1-6H3,(H,27,28). The van der Waals surface area contributed by atoms with Gasteiger partial charge in [0.05, 0.1) is 23.1 Å². The summed E-state index contributed by atoms with van der Waals surface area (Å²) in [5.41, 5.74) is 1.71. The van der Waals surface area contributed by atoms with Crippen LogP contribution >= 0.6 is 11.3 Å². The number of hydrogen-bond acceptors (Lipinski definition) is 6. The van der Waals surface area contributed by atoms with Crippen LogP contribution in [0.1, 0.15) is 73.6 Å². The summed E-state index contributed by atoms with van der Waals surface area (Å²) < 4.78 is 5.86. The minimum Gasteiger partial charge on any atom is -0.478 e. The summed E-state index contributed by atoms with van der Waals surface area (Å²) in [5, 5.41) is 10.3. The highest BCUT2D eigenvalue weighted by molar-refractivity contribution is 7.16. The first-order valence-electron chi connectivity index (χ1n) is 10.6. The average Bonchev–Trinajstić information content (AvgIpc) is 3.36. The molecule has 0 radical (unpaired) electrons. The molecule has 1 unspecified atom stereocenters. The van der Waals surface area contributed by atoms with E-state index in [0.717, 1.165) is 29.6 Å². The van der Waals surface area contributed by atoms with Gasteiger partial charge in [0.1, 0.15) is 5.82 Å². The van der Waals surface area contributed by atoms with Gasteiger partial charge in [0.15, 0.2) is 5.13 Å². The summed E-state index contributed by atoms with van der Waals surface area (Å²) in [6.07, 6.45) is 3.51. The lowest BCUT2D eigenvalue weighted by Crippen LogP contribution is -2.45. The van der Waals surface area contributed by atoms with E-state index >= 15 is 0 Å². The Balaban J connectivity index is 1.79. The van der Waals surface area contributed by atoms with Gasteiger partial charge in [-0.25, -0.2) is 14.8 Å². The van der Waals surface area contributed by atoms with Gasteiger partial charge in [-0.1, -0.05) is 27.7 Å². The Hall–Kier alpha value is -1.99. The quantitative estimate of drug-likeness (QED) is 0.691. The minimum atomic E-state index is -0.945. The maximum absolute atomic E-state index is 11.4. The highest BCUT2D eigenvalue weighted by Crippen LogP contribution is 2.51. The van der Waals surface area contributed by atoms with Gasteiger partial charge in [-0.3, -0.25) is 0 Å². The lowest BCUT2D eigenvalue weighted by molar-refractivity contribution is 0.0136. The highest BCUT2D eigenvalue weighted by atomic mass is 32.1. The van der Waals surface area contributed by atoms with Crippen molar-refractivity contribution in [2.45, 2.75) is 70.8 Å². The van der Waals surface area contributed by atoms with Crippen molar-refractivity contribution in [3.05, 3.63) is 34.0 Å². The first-order chi connectivity index (χ1) is 14.0. The molecule has 0 saturated heterocycles. The molecule has 1 fully saturated rings. The van der Waals surface area contributed by atoms with Gasteiger partial charge in [-0.2, -0.15) is 0 Å². The third-order valence-electron chi connectivity index (χ3n) is 6.57. The first kappa shape index (κ1) is 21.2. The van der Waals surface area contributed by atoms with Crippen LogP contribution in [0.25, 0.3) is 0 Å². The van der Waals surface area contributed by atoms with Crippen LogP contribution in [0.3, 0.4) is 0 Å². The molecule has 30 heavy (non-hydrogen) atoms. The van der Waals surface area contributed by atoms with E-state index in [1.165, 1.54) is 17.7 Å². The van der Waals surface area contributed by atoms with Crippen molar-refractivity contribution in [2.24, 2.45) is 5.92 Å². The van der Waals surface area contributed by atoms with Crippen molar-refractivity contribution in [3.8, 4) is 0 Å². The number of thiazole rings is 1. The van der Waals surface area contributed by atoms with Crippen molar-refractivity contribution in [3.63, 3.8) is 0 Å². The molecule has 2 aromatic heterocycles. The number of carboxylic acids is 1. The van der Waals surface area contributed by atoms with Gasteiger partial charge in [-0.05, 0) is 44.2 Å². The second-order valence-corrected chi connectivity index (χ2v) is 10.8. The van der Waals surface area contributed by atoms with Crippen molar-refractivity contribution in [2.75, 3.05) is 18.6 Å². The Morgan fingerprint density at radius 2 is 1.97 bits per heavy atom. The molecular weight excluding hydrogens is 398 g/mol. The summed E-state index contributed by atoms with van der Waals surface area (Å²) in [6, 6.07) is 3.47. The van der Waals surface area contributed by atoms with Crippen LogP contribution in [0.15, 0.2) is 12.1 Å². The number of nitrogens with zero attached hydrogens (tertiary/aromatic N) is 3. The number of aromatic nitrogens is 2. The molecule has 7 heteroatoms. The molecule has 0 aliphatic heterocycles. The smallest absolute Gasteiger partial charge is 0.337 e. The predicted molar refractivity (Wildman–Crippen MR) is 119 cm³/mol. The number of aryl methyl sites for hydroxylation is 1. The third-order valence-corrected chi connectivity index (χ3v) is 8.02. The number of ether oxygens (including phenoxy) is 1. The lowest BCUT2D eigenvalue weighted by atomic mass is 9.67. The fraction of sp³-hybridized carbons (Fsp3) is 0.609. The lowest BCUT2D eigenvalue weighted by Gasteiger charge is -2.43. The molecule has 2 aliphatic rings. The fourth-order valence-electron chi connectivity index (χ4n) is 4.41. The molecule has 1 atom stereocenters. The van der Waals surface area contributed by atoms with Crippen LogP contribution in [0.2, 0.25) is 0 Å². The molecule has 0 amide bonds. The van der Waals surface area contributed by atoms with E-state index in [2.05, 4.69) is 37.6 Å². The number of rotatable bonds is 6. The summed E-state index contributed by atoms with van der Waals surface area (Å²) >= 11 is 1.75. The van der Waals surface area contributed by atoms with Crippen LogP contribution in [-0.2, 0) is 15.6 Å². The van der Waals surface area contributed by atoms with E-state index < -0.39 is 5.97 Å². The monoisotopic (exact) mass is 429 g/mol. The number of aromatic carboxylic acids is 1. The van der Waals surface area contributed by atoms with E-state index in [-0.39, 0.29) is 22.5 Å². The van der Waals surface area contributed by atoms with Gasteiger partial charge < -0.3 is 14.7 Å². The molecule has 2 aromatic rings. The summed E-state index contributed by atoms with van der Waals surface area (Å²) in [4.78, 5) is 24.7. The largest absolute Gasteiger partial charge is 0.478 e. The molecule has 1 saturated carbocycles. The van der Waals surface area contributed by atoms with Crippen molar-refractivity contribution in [1.29, 1.82) is 0 Å². The van der Waals surface area contributed by atoms with Gasteiger partial charge in [0.25, 0.3) is 0 Å². The van der Waals surface area contributed by atoms with E-state index in [0.29, 0.717) is 11.6 Å². The van der Waals surface area contributed by atoms with E-state index in [1.54, 1.807) is 31.4 Å². The second-order valence-electron chi connectivity index (χ2n) is 9.87. The fourth-order valence-corrected chi connectivity index (χ4v) is 5.78. The topological polar surface area (TPSA) is 75.5 Å². The second kappa shape index (κ2) is 7.31. The SMILES string of the molecule is COC1CC(C)(C)c2sc(N(CC3CC3)c3ccc(C(=O)O)c(C)n3)nc2C1(C)C. The van der Waals surface area contributed by atoms with Crippen LogP contribution in [-0.4, -0.2) is 40.8 Å². The van der Waals surface area contributed by atoms with Crippen LogP contribution < -0.4 is 4.90 Å². The van der Waals surface area contributed by atoms with E-state index in [1.807, 2.05) is 6.07 Å². The molecule has 6 nitrogen and oxygen atoms in total. The Morgan fingerprint density at radius 1 is 1.27 bits per heavy atom. The number of pyridine rings is 1. The van der Waals surface area contributed by atoms with Crippen molar-refractivity contribution >= 4 is 28.3 Å². The molecular formula is C23H31N3O3S. The van der Waals surface area contributed by atoms with Crippen molar-refractivity contribution < 1.29 is 14.6 Å². The van der Waals surface area contributed by atoms with Gasteiger partial charge >= 0.3 is 5.97 Å². The first-order valence-corrected chi connectivity index (χ1v) is 11.4. The van der Waals surface area contributed by atoms with Crippen LogP contribution in [0.4, 0.5) is 10.9 Å². The number of methoxy groups -OCH3 is 1. The predicted octanol–water partition coefficient (Wildman–Crippen LogP) is 5.07. The zero-order chi connectivity index (χ0) is 21.8. The Kier molecular flexibility index (Phi) is 5.18.